The van der Waals surface area contributed by atoms with E-state index in [4.69, 9.17) is 4.74 Å². The zero-order valence-corrected chi connectivity index (χ0v) is 9.52. The summed E-state index contributed by atoms with van der Waals surface area (Å²) in [5.41, 5.74) is 1.21. The minimum absolute atomic E-state index is 0.0702. The maximum absolute atomic E-state index is 11.8. The number of rotatable bonds is 4. The van der Waals surface area contributed by atoms with Crippen molar-refractivity contribution in [3.05, 3.63) is 47.7 Å². The molecular formula is C14H14O3. The molecule has 0 fully saturated rings. The molecule has 0 N–H and O–H groups in total. The molecule has 0 radical (unpaired) electrons. The van der Waals surface area contributed by atoms with E-state index in [-0.39, 0.29) is 18.0 Å². The fourth-order valence-corrected chi connectivity index (χ4v) is 1.76. The van der Waals surface area contributed by atoms with Crippen molar-refractivity contribution >= 4 is 11.6 Å². The van der Waals surface area contributed by atoms with Crippen LogP contribution >= 0.6 is 0 Å². The Morgan fingerprint density at radius 1 is 1.12 bits per heavy atom. The van der Waals surface area contributed by atoms with E-state index in [0.717, 1.165) is 6.42 Å². The molecule has 0 amide bonds. The lowest BCUT2D eigenvalue weighted by Gasteiger charge is -2.12. The molecule has 1 aromatic rings. The lowest BCUT2D eigenvalue weighted by atomic mass is 9.99. The molecule has 3 heteroatoms. The van der Waals surface area contributed by atoms with Crippen molar-refractivity contribution in [1.82, 2.24) is 0 Å². The third-order valence-electron chi connectivity index (χ3n) is 2.71. The van der Waals surface area contributed by atoms with Gasteiger partial charge in [0.1, 0.15) is 0 Å². The third kappa shape index (κ3) is 3.03. The van der Waals surface area contributed by atoms with Gasteiger partial charge >= 0.3 is 0 Å². The van der Waals surface area contributed by atoms with Crippen molar-refractivity contribution in [3.8, 4) is 0 Å². The second kappa shape index (κ2) is 5.43. The molecule has 1 aromatic carbocycles. The zero-order valence-electron chi connectivity index (χ0n) is 9.52. The highest BCUT2D eigenvalue weighted by molar-refractivity contribution is 6.13. The molecule has 0 atom stereocenters. The molecule has 1 aliphatic rings. The van der Waals surface area contributed by atoms with E-state index in [9.17, 15) is 9.59 Å². The van der Waals surface area contributed by atoms with Crippen LogP contribution < -0.4 is 0 Å². The number of carbonyl (C=O) groups is 2. The second-order valence-electron chi connectivity index (χ2n) is 4.01. The van der Waals surface area contributed by atoms with E-state index < -0.39 is 0 Å². The van der Waals surface area contributed by atoms with Gasteiger partial charge in [-0.05, 0) is 12.8 Å². The largest absolute Gasteiger partial charge is 0.501 e. The Labute approximate surface area is 100 Å². The van der Waals surface area contributed by atoms with Crippen LogP contribution in [0.15, 0.2) is 42.2 Å². The smallest absolute Gasteiger partial charge is 0.170 e. The van der Waals surface area contributed by atoms with Gasteiger partial charge < -0.3 is 4.74 Å². The number of hydrogen-bond donors (Lipinski definition) is 0. The van der Waals surface area contributed by atoms with Gasteiger partial charge in [-0.1, -0.05) is 30.3 Å². The highest BCUT2D eigenvalue weighted by atomic mass is 16.5. The van der Waals surface area contributed by atoms with Crippen LogP contribution in [0.25, 0.3) is 0 Å². The van der Waals surface area contributed by atoms with Crippen molar-refractivity contribution in [1.29, 1.82) is 0 Å². The first kappa shape index (κ1) is 11.6. The number of Topliss-reactive ketones (excluding diaryl/α,β-unsaturated/α-hetero) is 2. The molecule has 0 bridgehead atoms. The maximum atomic E-state index is 11.8. The van der Waals surface area contributed by atoms with Crippen LogP contribution in [0.1, 0.15) is 29.6 Å². The summed E-state index contributed by atoms with van der Waals surface area (Å²) in [4.78, 5) is 23.6. The molecule has 0 saturated heterocycles. The van der Waals surface area contributed by atoms with Crippen LogP contribution in [0.2, 0.25) is 0 Å². The van der Waals surface area contributed by atoms with Crippen LogP contribution in [0.4, 0.5) is 0 Å². The van der Waals surface area contributed by atoms with E-state index in [1.165, 1.54) is 6.26 Å². The summed E-state index contributed by atoms with van der Waals surface area (Å²) in [5.74, 6) is -0.263. The van der Waals surface area contributed by atoms with Gasteiger partial charge in [-0.3, -0.25) is 9.59 Å². The molecule has 1 aliphatic heterocycles. The Hall–Kier alpha value is -1.90. The Bertz CT molecular complexity index is 446. The molecule has 2 rings (SSSR count). The zero-order chi connectivity index (χ0) is 12.1. The van der Waals surface area contributed by atoms with Crippen LogP contribution in [-0.2, 0) is 9.53 Å². The van der Waals surface area contributed by atoms with Crippen LogP contribution in [0.3, 0.4) is 0 Å². The fraction of sp³-hybridized carbons (Fsp3) is 0.286. The summed E-state index contributed by atoms with van der Waals surface area (Å²) in [6.45, 7) is 0.656. The molecule has 0 unspecified atom stereocenters. The van der Waals surface area contributed by atoms with Crippen molar-refractivity contribution in [2.24, 2.45) is 0 Å². The molecule has 88 valence electrons. The Morgan fingerprint density at radius 3 is 2.53 bits per heavy atom. The number of hydrogen-bond acceptors (Lipinski definition) is 3. The van der Waals surface area contributed by atoms with E-state index in [2.05, 4.69) is 0 Å². The summed E-state index contributed by atoms with van der Waals surface area (Å²) in [7, 11) is 0. The van der Waals surface area contributed by atoms with Gasteiger partial charge in [0.2, 0.25) is 0 Å². The molecule has 0 aromatic heterocycles. The average Bonchev–Trinajstić information content (AvgIpc) is 2.40. The van der Waals surface area contributed by atoms with E-state index in [1.807, 2.05) is 6.07 Å². The van der Waals surface area contributed by atoms with Crippen molar-refractivity contribution < 1.29 is 14.3 Å². The molecule has 1 heterocycles. The third-order valence-corrected chi connectivity index (χ3v) is 2.71. The summed E-state index contributed by atoms with van der Waals surface area (Å²) in [6.07, 6.45) is 2.97. The van der Waals surface area contributed by atoms with Crippen LogP contribution in [-0.4, -0.2) is 18.2 Å². The average molecular weight is 230 g/mol. The topological polar surface area (TPSA) is 43.4 Å². The second-order valence-corrected chi connectivity index (χ2v) is 4.01. The molecule has 0 saturated carbocycles. The van der Waals surface area contributed by atoms with Gasteiger partial charge in [-0.2, -0.15) is 0 Å². The van der Waals surface area contributed by atoms with E-state index in [1.54, 1.807) is 24.3 Å². The first-order chi connectivity index (χ1) is 8.27. The van der Waals surface area contributed by atoms with Gasteiger partial charge in [0.05, 0.1) is 19.3 Å². The molecule has 3 nitrogen and oxygen atoms in total. The lowest BCUT2D eigenvalue weighted by Crippen LogP contribution is -2.13. The quantitative estimate of drug-likeness (QED) is 0.589. The predicted molar refractivity (Wildman–Crippen MR) is 63.7 cm³/mol. The number of ketones is 2. The Morgan fingerprint density at radius 2 is 1.88 bits per heavy atom. The number of carbonyl (C=O) groups excluding carboxylic acids is 2. The minimum Gasteiger partial charge on any atom is -0.501 e. The van der Waals surface area contributed by atoms with Crippen molar-refractivity contribution in [2.45, 2.75) is 19.3 Å². The molecule has 0 aliphatic carbocycles. The van der Waals surface area contributed by atoms with Crippen molar-refractivity contribution in [2.75, 3.05) is 6.61 Å². The van der Waals surface area contributed by atoms with Gasteiger partial charge in [0.15, 0.2) is 11.6 Å². The number of benzene rings is 1. The fourth-order valence-electron chi connectivity index (χ4n) is 1.76. The first-order valence-corrected chi connectivity index (χ1v) is 5.69. The summed E-state index contributed by atoms with van der Waals surface area (Å²) in [6, 6.07) is 8.88. The maximum Gasteiger partial charge on any atom is 0.170 e. The number of ether oxygens (including phenoxy) is 1. The number of allylic oxidation sites excluding steroid dienone is 1. The van der Waals surface area contributed by atoms with E-state index >= 15 is 0 Å². The molecular weight excluding hydrogens is 216 g/mol. The van der Waals surface area contributed by atoms with Gasteiger partial charge in [0.25, 0.3) is 0 Å². The molecule has 0 spiro atoms. The highest BCUT2D eigenvalue weighted by Crippen LogP contribution is 2.15. The Balaban J connectivity index is 1.99. The Kier molecular flexibility index (Phi) is 3.70. The van der Waals surface area contributed by atoms with Gasteiger partial charge in [-0.15, -0.1) is 0 Å². The summed E-state index contributed by atoms with van der Waals surface area (Å²) < 4.78 is 5.10. The predicted octanol–water partition coefficient (Wildman–Crippen LogP) is 2.52. The SMILES string of the molecule is O=C(CC(=O)c1ccccc1)C1=COCCC1. The van der Waals surface area contributed by atoms with Gasteiger partial charge in [-0.25, -0.2) is 0 Å². The van der Waals surface area contributed by atoms with Crippen LogP contribution in [0.5, 0.6) is 0 Å². The summed E-state index contributed by atoms with van der Waals surface area (Å²) >= 11 is 0. The van der Waals surface area contributed by atoms with Crippen LogP contribution in [0, 0.1) is 0 Å². The normalized spacial score (nSPS) is 14.7. The lowest BCUT2D eigenvalue weighted by molar-refractivity contribution is -0.115. The highest BCUT2D eigenvalue weighted by Gasteiger charge is 2.17. The molecule has 17 heavy (non-hydrogen) atoms. The standard InChI is InChI=1S/C14H14O3/c15-13(11-5-2-1-3-6-11)9-14(16)12-7-4-8-17-10-12/h1-3,5-6,10H,4,7-9H2. The monoisotopic (exact) mass is 230 g/mol. The van der Waals surface area contributed by atoms with Gasteiger partial charge in [0, 0.05) is 11.1 Å². The summed E-state index contributed by atoms with van der Waals surface area (Å²) in [5, 5.41) is 0. The van der Waals surface area contributed by atoms with Crippen molar-refractivity contribution in [3.63, 3.8) is 0 Å². The first-order valence-electron chi connectivity index (χ1n) is 5.69. The minimum atomic E-state index is -0.137. The van der Waals surface area contributed by atoms with E-state index in [0.29, 0.717) is 24.2 Å².